The molecule has 2 aromatic rings. The fourth-order valence-corrected chi connectivity index (χ4v) is 2.11. The van der Waals surface area contributed by atoms with Crippen molar-refractivity contribution in [2.45, 2.75) is 46.1 Å². The smallest absolute Gasteiger partial charge is 0.336 e. The number of carbonyl (C=O) groups is 1. The number of hydrogen-bond donors (Lipinski definition) is 0. The van der Waals surface area contributed by atoms with Gasteiger partial charge in [-0.1, -0.05) is 25.5 Å². The summed E-state index contributed by atoms with van der Waals surface area (Å²) in [5, 5.41) is 4.23. The van der Waals surface area contributed by atoms with Gasteiger partial charge in [-0.05, 0) is 32.4 Å². The van der Waals surface area contributed by atoms with Crippen LogP contribution in [-0.4, -0.2) is 33.9 Å². The Bertz CT molecular complexity index is 665. The molecule has 1 heterocycles. The lowest BCUT2D eigenvalue weighted by atomic mass is 10.2. The second-order valence-electron chi connectivity index (χ2n) is 5.53. The van der Waals surface area contributed by atoms with Gasteiger partial charge in [0.25, 0.3) is 0 Å². The molecule has 0 saturated carbocycles. The molecule has 124 valence electrons. The molecule has 0 radical (unpaired) electrons. The Morgan fingerprint density at radius 1 is 1.35 bits per heavy atom. The average molecular weight is 317 g/mol. The Morgan fingerprint density at radius 3 is 2.78 bits per heavy atom. The maximum absolute atomic E-state index is 12.4. The number of unbranched alkanes of at least 4 members (excludes halogenated alkanes) is 1. The molecule has 0 unspecified atom stereocenters. The normalized spacial score (nSPS) is 10.8. The van der Waals surface area contributed by atoms with E-state index in [-0.39, 0.29) is 18.0 Å². The Hall–Kier alpha value is -2.37. The minimum Gasteiger partial charge on any atom is -0.497 e. The summed E-state index contributed by atoms with van der Waals surface area (Å²) in [6.45, 7) is 5.83. The van der Waals surface area contributed by atoms with E-state index in [1.54, 1.807) is 7.11 Å². The van der Waals surface area contributed by atoms with Crippen LogP contribution in [0.5, 0.6) is 11.8 Å². The van der Waals surface area contributed by atoms with Gasteiger partial charge in [-0.2, -0.15) is 9.67 Å². The molecule has 0 aliphatic rings. The van der Waals surface area contributed by atoms with Crippen LogP contribution in [0.25, 0.3) is 11.4 Å². The van der Waals surface area contributed by atoms with Gasteiger partial charge < -0.3 is 9.47 Å². The van der Waals surface area contributed by atoms with Gasteiger partial charge in [-0.3, -0.25) is 4.79 Å². The monoisotopic (exact) mass is 317 g/mol. The summed E-state index contributed by atoms with van der Waals surface area (Å²) in [6, 6.07) is 7.60. The Kier molecular flexibility index (Phi) is 5.73. The lowest BCUT2D eigenvalue weighted by Gasteiger charge is -2.05. The maximum Gasteiger partial charge on any atom is 0.336 e. The second-order valence-corrected chi connectivity index (χ2v) is 5.53. The summed E-state index contributed by atoms with van der Waals surface area (Å²) < 4.78 is 12.1. The average Bonchev–Trinajstić information content (AvgIpc) is 2.95. The van der Waals surface area contributed by atoms with Crippen molar-refractivity contribution in [1.29, 1.82) is 0 Å². The SMILES string of the molecule is CCCCC(=O)n1nc(OC(C)C)nc1-c1cccc(OC)c1. The van der Waals surface area contributed by atoms with Crippen molar-refractivity contribution in [2.75, 3.05) is 7.11 Å². The first-order valence-electron chi connectivity index (χ1n) is 7.86. The molecule has 1 aromatic heterocycles. The maximum atomic E-state index is 12.4. The van der Waals surface area contributed by atoms with Gasteiger partial charge in [0.15, 0.2) is 5.82 Å². The molecule has 0 fully saturated rings. The number of carbonyl (C=O) groups excluding carboxylic acids is 1. The zero-order chi connectivity index (χ0) is 16.8. The molecule has 0 spiro atoms. The van der Waals surface area contributed by atoms with Gasteiger partial charge in [0.2, 0.25) is 5.91 Å². The minimum absolute atomic E-state index is 0.0604. The standard InChI is InChI=1S/C17H23N3O3/c1-5-6-10-15(21)20-16(18-17(19-20)23-12(2)3)13-8-7-9-14(11-13)22-4/h7-9,11-12H,5-6,10H2,1-4H3. The predicted octanol–water partition coefficient (Wildman–Crippen LogP) is 3.57. The van der Waals surface area contributed by atoms with Crippen LogP contribution in [0, 0.1) is 0 Å². The first kappa shape index (κ1) is 17.0. The summed E-state index contributed by atoms with van der Waals surface area (Å²) >= 11 is 0. The molecule has 0 amide bonds. The predicted molar refractivity (Wildman–Crippen MR) is 87.9 cm³/mol. The summed E-state index contributed by atoms with van der Waals surface area (Å²) in [4.78, 5) is 16.8. The molecule has 1 aromatic carbocycles. The number of aromatic nitrogens is 3. The van der Waals surface area contributed by atoms with Crippen molar-refractivity contribution in [3.8, 4) is 23.1 Å². The fraction of sp³-hybridized carbons (Fsp3) is 0.471. The van der Waals surface area contributed by atoms with Gasteiger partial charge in [-0.25, -0.2) is 0 Å². The zero-order valence-electron chi connectivity index (χ0n) is 14.1. The summed E-state index contributed by atoms with van der Waals surface area (Å²) in [7, 11) is 1.60. The van der Waals surface area contributed by atoms with E-state index < -0.39 is 0 Å². The largest absolute Gasteiger partial charge is 0.497 e. The molecular weight excluding hydrogens is 294 g/mol. The Balaban J connectivity index is 2.42. The van der Waals surface area contributed by atoms with Crippen LogP contribution in [0.2, 0.25) is 0 Å². The van der Waals surface area contributed by atoms with E-state index >= 15 is 0 Å². The van der Waals surface area contributed by atoms with Gasteiger partial charge >= 0.3 is 6.01 Å². The van der Waals surface area contributed by atoms with Crippen molar-refractivity contribution >= 4 is 5.91 Å². The van der Waals surface area contributed by atoms with Crippen LogP contribution in [0.1, 0.15) is 44.8 Å². The number of methoxy groups -OCH3 is 1. The molecule has 6 heteroatoms. The van der Waals surface area contributed by atoms with Crippen LogP contribution < -0.4 is 9.47 Å². The third-order valence-corrected chi connectivity index (χ3v) is 3.24. The molecule has 0 N–H and O–H groups in total. The van der Waals surface area contributed by atoms with E-state index in [1.165, 1.54) is 4.68 Å². The number of nitrogens with zero attached hydrogens (tertiary/aromatic N) is 3. The van der Waals surface area contributed by atoms with E-state index in [0.717, 1.165) is 18.4 Å². The molecule has 6 nitrogen and oxygen atoms in total. The van der Waals surface area contributed by atoms with Crippen LogP contribution in [0.4, 0.5) is 0 Å². The zero-order valence-corrected chi connectivity index (χ0v) is 14.1. The lowest BCUT2D eigenvalue weighted by molar-refractivity contribution is 0.0882. The number of benzene rings is 1. The molecule has 0 aliphatic carbocycles. The molecule has 0 bridgehead atoms. The molecule has 23 heavy (non-hydrogen) atoms. The molecule has 2 rings (SSSR count). The van der Waals surface area contributed by atoms with Crippen LogP contribution in [-0.2, 0) is 0 Å². The van der Waals surface area contributed by atoms with Crippen LogP contribution in [0.15, 0.2) is 24.3 Å². The molecular formula is C17H23N3O3. The van der Waals surface area contributed by atoms with Crippen molar-refractivity contribution < 1.29 is 14.3 Å². The van der Waals surface area contributed by atoms with Gasteiger partial charge in [0.1, 0.15) is 5.75 Å². The van der Waals surface area contributed by atoms with E-state index in [1.807, 2.05) is 45.0 Å². The van der Waals surface area contributed by atoms with E-state index in [0.29, 0.717) is 18.0 Å². The van der Waals surface area contributed by atoms with Crippen molar-refractivity contribution in [2.24, 2.45) is 0 Å². The first-order chi connectivity index (χ1) is 11.0. The van der Waals surface area contributed by atoms with Crippen molar-refractivity contribution in [1.82, 2.24) is 14.8 Å². The van der Waals surface area contributed by atoms with Crippen molar-refractivity contribution in [3.05, 3.63) is 24.3 Å². The highest BCUT2D eigenvalue weighted by Crippen LogP contribution is 2.24. The van der Waals surface area contributed by atoms with Gasteiger partial charge in [-0.15, -0.1) is 5.10 Å². The van der Waals surface area contributed by atoms with Gasteiger partial charge in [0.05, 0.1) is 13.2 Å². The third kappa shape index (κ3) is 4.31. The quantitative estimate of drug-likeness (QED) is 0.781. The topological polar surface area (TPSA) is 66.2 Å². The second kappa shape index (κ2) is 7.76. The van der Waals surface area contributed by atoms with Crippen LogP contribution in [0.3, 0.4) is 0 Å². The summed E-state index contributed by atoms with van der Waals surface area (Å²) in [6.07, 6.45) is 2.13. The Labute approximate surface area is 136 Å². The fourth-order valence-electron chi connectivity index (χ4n) is 2.11. The first-order valence-corrected chi connectivity index (χ1v) is 7.86. The molecule has 0 aliphatic heterocycles. The van der Waals surface area contributed by atoms with E-state index in [4.69, 9.17) is 9.47 Å². The summed E-state index contributed by atoms with van der Waals surface area (Å²) in [5.41, 5.74) is 0.764. The lowest BCUT2D eigenvalue weighted by Crippen LogP contribution is -2.14. The van der Waals surface area contributed by atoms with Crippen molar-refractivity contribution in [3.63, 3.8) is 0 Å². The highest BCUT2D eigenvalue weighted by atomic mass is 16.5. The third-order valence-electron chi connectivity index (χ3n) is 3.24. The van der Waals surface area contributed by atoms with Gasteiger partial charge in [0, 0.05) is 12.0 Å². The van der Waals surface area contributed by atoms with E-state index in [9.17, 15) is 4.79 Å². The number of hydrogen-bond acceptors (Lipinski definition) is 5. The minimum atomic E-state index is -0.0872. The number of ether oxygens (including phenoxy) is 2. The number of rotatable bonds is 7. The molecule has 0 atom stereocenters. The summed E-state index contributed by atoms with van der Waals surface area (Å²) in [5.74, 6) is 1.08. The van der Waals surface area contributed by atoms with E-state index in [2.05, 4.69) is 10.1 Å². The Morgan fingerprint density at radius 2 is 2.13 bits per heavy atom. The highest BCUT2D eigenvalue weighted by Gasteiger charge is 2.19. The highest BCUT2D eigenvalue weighted by molar-refractivity contribution is 5.82. The molecule has 0 saturated heterocycles. The van der Waals surface area contributed by atoms with Crippen LogP contribution >= 0.6 is 0 Å².